The van der Waals surface area contributed by atoms with Crippen LogP contribution < -0.4 is 10.0 Å². The van der Waals surface area contributed by atoms with Crippen LogP contribution >= 0.6 is 18.3 Å². The summed E-state index contributed by atoms with van der Waals surface area (Å²) in [5, 5.41) is 5.79. The highest BCUT2D eigenvalue weighted by molar-refractivity contribution is 8.15. The highest BCUT2D eigenvalue weighted by Gasteiger charge is 2.30. The molecule has 0 heterocycles. The van der Waals surface area contributed by atoms with E-state index < -0.39 is 35.6 Å². The summed E-state index contributed by atoms with van der Waals surface area (Å²) in [4.78, 5) is 29.3. The topological polar surface area (TPSA) is 125 Å². The highest BCUT2D eigenvalue weighted by Crippen LogP contribution is 2.52. The number of carbonyl (C=O) groups excluding carboxylic acids is 2. The Kier molecular flexibility index (Phi) is 13.5. The molecular formula is C13H27N4O6PS3. The van der Waals surface area contributed by atoms with E-state index in [9.17, 15) is 14.1 Å². The summed E-state index contributed by atoms with van der Waals surface area (Å²) in [5.41, 5.74) is 0. The van der Waals surface area contributed by atoms with Gasteiger partial charge in [-0.15, -0.1) is 16.5 Å². The van der Waals surface area contributed by atoms with Crippen LogP contribution in [0.15, 0.2) is 5.16 Å². The molecule has 0 saturated carbocycles. The normalized spacial score (nSPS) is 14.4. The molecule has 0 spiro atoms. The smallest absolute Gasteiger partial charge is 0.437 e. The number of carbonyl (C=O) groups is 2. The van der Waals surface area contributed by atoms with Crippen LogP contribution in [0, 0.1) is 0 Å². The third-order valence-electron chi connectivity index (χ3n) is 2.74. The summed E-state index contributed by atoms with van der Waals surface area (Å²) in [6.07, 6.45) is 0.688. The van der Waals surface area contributed by atoms with Gasteiger partial charge in [0.2, 0.25) is 17.4 Å². The van der Waals surface area contributed by atoms with E-state index in [4.69, 9.17) is 20.9 Å². The number of nitrogens with one attached hydrogen (secondary N) is 2. The van der Waals surface area contributed by atoms with Crippen molar-refractivity contribution < 1.29 is 28.0 Å². The molecule has 2 atom stereocenters. The van der Waals surface area contributed by atoms with Crippen LogP contribution in [0.5, 0.6) is 0 Å². The van der Waals surface area contributed by atoms with Crippen molar-refractivity contribution in [2.45, 2.75) is 26.6 Å². The van der Waals surface area contributed by atoms with Gasteiger partial charge in [0.15, 0.2) is 0 Å². The predicted molar refractivity (Wildman–Crippen MR) is 112 cm³/mol. The zero-order chi connectivity index (χ0) is 21.0. The number of nitrogens with zero attached hydrogens (tertiary/aromatic N) is 2. The minimum atomic E-state index is -2.64. The summed E-state index contributed by atoms with van der Waals surface area (Å²) in [6, 6.07) is 0. The molecule has 0 aliphatic carbocycles. The Morgan fingerprint density at radius 1 is 1.33 bits per heavy atom. The minimum absolute atomic E-state index is 0.0112. The first kappa shape index (κ1) is 26.6. The molecule has 0 aromatic carbocycles. The molecule has 0 saturated heterocycles. The molecule has 0 rings (SSSR count). The molecule has 0 fully saturated rings. The van der Waals surface area contributed by atoms with Crippen LogP contribution in [0.3, 0.4) is 0 Å². The Morgan fingerprint density at radius 2 is 1.89 bits per heavy atom. The van der Waals surface area contributed by atoms with E-state index in [0.29, 0.717) is 13.2 Å². The minimum Gasteiger partial charge on any atom is -0.597 e. The second-order valence-corrected chi connectivity index (χ2v) is 10.9. The Morgan fingerprint density at radius 3 is 2.33 bits per heavy atom. The van der Waals surface area contributed by atoms with Gasteiger partial charge in [-0.25, -0.2) is 4.79 Å². The Bertz CT molecular complexity index is 556. The SMILES string of the molecule is CCOP(=S)(OCC)C(C)N[S+]([O-])CNC(=O)ON=C(SC)C(=O)N(C)C. The highest BCUT2D eigenvalue weighted by atomic mass is 32.5. The lowest BCUT2D eigenvalue weighted by atomic mass is 10.6. The maximum Gasteiger partial charge on any atom is 0.437 e. The van der Waals surface area contributed by atoms with Crippen LogP contribution in [0.25, 0.3) is 0 Å². The zero-order valence-electron chi connectivity index (χ0n) is 16.2. The molecule has 0 aliphatic rings. The zero-order valence-corrected chi connectivity index (χ0v) is 19.6. The van der Waals surface area contributed by atoms with E-state index in [1.165, 1.54) is 4.90 Å². The fourth-order valence-electron chi connectivity index (χ4n) is 1.51. The van der Waals surface area contributed by atoms with Crippen molar-refractivity contribution in [3.05, 3.63) is 0 Å². The molecule has 2 amide bonds. The van der Waals surface area contributed by atoms with E-state index in [2.05, 4.69) is 20.0 Å². The maximum absolute atomic E-state index is 12.1. The van der Waals surface area contributed by atoms with Crippen LogP contribution in [-0.2, 0) is 41.8 Å². The van der Waals surface area contributed by atoms with Crippen LogP contribution in [0.4, 0.5) is 4.79 Å². The lowest BCUT2D eigenvalue weighted by molar-refractivity contribution is -0.121. The molecule has 0 bridgehead atoms. The second kappa shape index (κ2) is 13.7. The summed E-state index contributed by atoms with van der Waals surface area (Å²) >= 11 is 4.80. The average Bonchev–Trinajstić information content (AvgIpc) is 2.60. The number of hydrogen-bond donors (Lipinski definition) is 2. The third kappa shape index (κ3) is 10.1. The van der Waals surface area contributed by atoms with Gasteiger partial charge in [0, 0.05) is 14.1 Å². The molecule has 2 unspecified atom stereocenters. The van der Waals surface area contributed by atoms with E-state index in [1.54, 1.807) is 41.1 Å². The van der Waals surface area contributed by atoms with Gasteiger partial charge in [0.1, 0.15) is 5.78 Å². The molecule has 2 N–H and O–H groups in total. The van der Waals surface area contributed by atoms with E-state index >= 15 is 0 Å². The van der Waals surface area contributed by atoms with E-state index in [-0.39, 0.29) is 10.9 Å². The van der Waals surface area contributed by atoms with Gasteiger partial charge in [-0.1, -0.05) is 5.16 Å². The quantitative estimate of drug-likeness (QED) is 0.124. The standard InChI is InChI=1S/C13H27N4O6PS3/c1-7-21-24(25,22-8-2)10(3)16-27(20)9-14-13(19)23-15-11(26-6)12(18)17(4)5/h10,16H,7-9H2,1-6H3,(H,14,19). The fraction of sp³-hybridized carbons (Fsp3) is 0.769. The summed E-state index contributed by atoms with van der Waals surface area (Å²) in [6.45, 7) is 3.42. The number of oxime groups is 1. The van der Waals surface area contributed by atoms with E-state index in [1.807, 2.05) is 0 Å². The van der Waals surface area contributed by atoms with Gasteiger partial charge < -0.3 is 18.5 Å². The van der Waals surface area contributed by atoms with Crippen LogP contribution in [-0.4, -0.2) is 71.7 Å². The van der Waals surface area contributed by atoms with Crippen LogP contribution in [0.2, 0.25) is 0 Å². The monoisotopic (exact) mass is 462 g/mol. The maximum atomic E-state index is 12.1. The number of thioether (sulfide) groups is 1. The van der Waals surface area contributed by atoms with Crippen LogP contribution in [0.1, 0.15) is 20.8 Å². The number of rotatable bonds is 10. The molecular weight excluding hydrogens is 435 g/mol. The Hall–Kier alpha value is -0.400. The first-order valence-corrected chi connectivity index (χ1v) is 13.2. The third-order valence-corrected chi connectivity index (χ3v) is 8.46. The molecule has 27 heavy (non-hydrogen) atoms. The molecule has 158 valence electrons. The number of amides is 2. The van der Waals surface area contributed by atoms with Gasteiger partial charge >= 0.3 is 6.09 Å². The number of hydrogen-bond acceptors (Lipinski definition) is 10. The van der Waals surface area contributed by atoms with Crippen molar-refractivity contribution in [3.63, 3.8) is 0 Å². The molecule has 0 aromatic rings. The van der Waals surface area contributed by atoms with Gasteiger partial charge in [-0.05, 0) is 38.8 Å². The van der Waals surface area contributed by atoms with E-state index in [0.717, 1.165) is 11.8 Å². The Balaban J connectivity index is 4.56. The molecule has 14 heteroatoms. The predicted octanol–water partition coefficient (Wildman–Crippen LogP) is 1.42. The Labute approximate surface area is 172 Å². The first-order chi connectivity index (χ1) is 12.6. The molecule has 0 aliphatic heterocycles. The molecule has 10 nitrogen and oxygen atoms in total. The molecule has 0 aromatic heterocycles. The van der Waals surface area contributed by atoms with Gasteiger partial charge in [0.05, 0.1) is 24.6 Å². The summed E-state index contributed by atoms with van der Waals surface area (Å²) in [7, 11) is 3.10. The molecule has 0 radical (unpaired) electrons. The van der Waals surface area contributed by atoms with Gasteiger partial charge in [-0.3, -0.25) is 14.9 Å². The van der Waals surface area contributed by atoms with Crippen molar-refractivity contribution in [2.24, 2.45) is 5.16 Å². The fourth-order valence-corrected chi connectivity index (χ4v) is 5.82. The van der Waals surface area contributed by atoms with Crippen molar-refractivity contribution >= 4 is 58.5 Å². The average molecular weight is 463 g/mol. The lowest BCUT2D eigenvalue weighted by Crippen LogP contribution is -2.41. The lowest BCUT2D eigenvalue weighted by Gasteiger charge is -2.27. The summed E-state index contributed by atoms with van der Waals surface area (Å²) < 4.78 is 25.9. The van der Waals surface area contributed by atoms with Gasteiger partial charge in [-0.2, -0.15) is 0 Å². The second-order valence-electron chi connectivity index (χ2n) is 5.01. The largest absolute Gasteiger partial charge is 0.597 e. The van der Waals surface area contributed by atoms with Crippen molar-refractivity contribution in [1.29, 1.82) is 0 Å². The van der Waals surface area contributed by atoms with Crippen molar-refractivity contribution in [2.75, 3.05) is 39.4 Å². The van der Waals surface area contributed by atoms with Gasteiger partial charge in [0.25, 0.3) is 5.91 Å². The first-order valence-electron chi connectivity index (χ1n) is 7.93. The summed E-state index contributed by atoms with van der Waals surface area (Å²) in [5.74, 6) is -1.13. The van der Waals surface area contributed by atoms with Crippen molar-refractivity contribution in [1.82, 2.24) is 14.9 Å². The van der Waals surface area contributed by atoms with Crippen molar-refractivity contribution in [3.8, 4) is 0 Å².